The van der Waals surface area contributed by atoms with Crippen molar-refractivity contribution in [2.45, 2.75) is 13.8 Å². The van der Waals surface area contributed by atoms with Crippen molar-refractivity contribution in [3.8, 4) is 0 Å². The Morgan fingerprint density at radius 1 is 1.05 bits per heavy atom. The third-order valence-corrected chi connectivity index (χ3v) is 2.96. The molecule has 1 N–H and O–H groups in total. The fraction of sp³-hybridized carbons (Fsp3) is 0.111. The van der Waals surface area contributed by atoms with Gasteiger partial charge in [-0.2, -0.15) is 5.10 Å². The number of benzene rings is 2. The summed E-state index contributed by atoms with van der Waals surface area (Å²) in [5, 5.41) is 4.06. The van der Waals surface area contributed by atoms with Gasteiger partial charge in [0.2, 0.25) is 0 Å². The van der Waals surface area contributed by atoms with Crippen molar-refractivity contribution in [3.63, 3.8) is 0 Å². The summed E-state index contributed by atoms with van der Waals surface area (Å²) in [5.74, 6) is -0.210. The molecule has 3 nitrogen and oxygen atoms in total. The highest BCUT2D eigenvalue weighted by Gasteiger charge is 2.01. The largest absolute Gasteiger partial charge is 0.271 e. The molecular weight excluding hydrogens is 260 g/mol. The SMILES string of the molecule is CC(/C=C/c1ccc(C)cc1)=N\NC(=O)c1ccccc1. The van der Waals surface area contributed by atoms with E-state index in [-0.39, 0.29) is 5.91 Å². The molecule has 0 heterocycles. The van der Waals surface area contributed by atoms with Gasteiger partial charge in [0.25, 0.3) is 5.91 Å². The van der Waals surface area contributed by atoms with E-state index >= 15 is 0 Å². The number of nitrogens with zero attached hydrogens (tertiary/aromatic N) is 1. The molecule has 2 aromatic carbocycles. The highest BCUT2D eigenvalue weighted by atomic mass is 16.2. The predicted molar refractivity (Wildman–Crippen MR) is 87.2 cm³/mol. The first-order valence-corrected chi connectivity index (χ1v) is 6.79. The number of hydrogen-bond donors (Lipinski definition) is 1. The van der Waals surface area contributed by atoms with E-state index < -0.39 is 0 Å². The number of nitrogens with one attached hydrogen (secondary N) is 1. The molecule has 0 spiro atoms. The van der Waals surface area contributed by atoms with Crippen LogP contribution < -0.4 is 5.43 Å². The lowest BCUT2D eigenvalue weighted by Gasteiger charge is -2.00. The second-order valence-electron chi connectivity index (χ2n) is 4.80. The summed E-state index contributed by atoms with van der Waals surface area (Å²) in [6.07, 6.45) is 3.84. The van der Waals surface area contributed by atoms with Crippen LogP contribution in [0.3, 0.4) is 0 Å². The quantitative estimate of drug-likeness (QED) is 0.670. The van der Waals surface area contributed by atoms with Gasteiger partial charge < -0.3 is 0 Å². The minimum atomic E-state index is -0.210. The average molecular weight is 278 g/mol. The Labute approximate surface area is 125 Å². The van der Waals surface area contributed by atoms with Crippen LogP contribution in [0.1, 0.15) is 28.4 Å². The van der Waals surface area contributed by atoms with Crippen LogP contribution in [0, 0.1) is 6.92 Å². The number of amides is 1. The van der Waals surface area contributed by atoms with E-state index in [0.717, 1.165) is 11.3 Å². The summed E-state index contributed by atoms with van der Waals surface area (Å²) in [6, 6.07) is 17.2. The van der Waals surface area contributed by atoms with Gasteiger partial charge in [-0.1, -0.05) is 54.1 Å². The van der Waals surface area contributed by atoms with E-state index in [1.54, 1.807) is 12.1 Å². The van der Waals surface area contributed by atoms with Crippen LogP contribution in [0.15, 0.2) is 65.8 Å². The van der Waals surface area contributed by atoms with Gasteiger partial charge >= 0.3 is 0 Å². The zero-order valence-electron chi connectivity index (χ0n) is 12.2. The van der Waals surface area contributed by atoms with E-state index in [1.807, 2.05) is 49.4 Å². The summed E-state index contributed by atoms with van der Waals surface area (Å²) >= 11 is 0. The molecule has 106 valence electrons. The second-order valence-corrected chi connectivity index (χ2v) is 4.80. The summed E-state index contributed by atoms with van der Waals surface area (Å²) in [6.45, 7) is 3.90. The van der Waals surface area contributed by atoms with Crippen LogP contribution in [-0.2, 0) is 0 Å². The molecule has 1 amide bonds. The second kappa shape index (κ2) is 7.20. The van der Waals surface area contributed by atoms with Crippen molar-refractivity contribution in [2.24, 2.45) is 5.10 Å². The molecule has 21 heavy (non-hydrogen) atoms. The molecule has 0 radical (unpaired) electrons. The van der Waals surface area contributed by atoms with Gasteiger partial charge in [-0.25, -0.2) is 5.43 Å². The number of hydrazone groups is 1. The molecule has 0 aliphatic heterocycles. The number of carbonyl (C=O) groups excluding carboxylic acids is 1. The highest BCUT2D eigenvalue weighted by Crippen LogP contribution is 2.05. The third-order valence-electron chi connectivity index (χ3n) is 2.96. The van der Waals surface area contributed by atoms with Crippen LogP contribution in [0.5, 0.6) is 0 Å². The van der Waals surface area contributed by atoms with E-state index in [4.69, 9.17) is 0 Å². The van der Waals surface area contributed by atoms with Gasteiger partial charge in [-0.15, -0.1) is 0 Å². The number of aryl methyl sites for hydroxylation is 1. The van der Waals surface area contributed by atoms with Gasteiger partial charge in [0, 0.05) is 5.56 Å². The van der Waals surface area contributed by atoms with E-state index in [0.29, 0.717) is 5.56 Å². The molecule has 0 aliphatic carbocycles. The molecule has 0 aromatic heterocycles. The number of rotatable bonds is 4. The highest BCUT2D eigenvalue weighted by molar-refractivity contribution is 5.99. The molecule has 2 rings (SSSR count). The van der Waals surface area contributed by atoms with Crippen molar-refractivity contribution in [1.82, 2.24) is 5.43 Å². The van der Waals surface area contributed by atoms with Crippen molar-refractivity contribution in [1.29, 1.82) is 0 Å². The molecule has 0 unspecified atom stereocenters. The van der Waals surface area contributed by atoms with Gasteiger partial charge in [-0.05, 0) is 37.6 Å². The monoisotopic (exact) mass is 278 g/mol. The average Bonchev–Trinajstić information content (AvgIpc) is 2.53. The summed E-state index contributed by atoms with van der Waals surface area (Å²) in [4.78, 5) is 11.8. The van der Waals surface area contributed by atoms with E-state index in [2.05, 4.69) is 29.6 Å². The Morgan fingerprint density at radius 2 is 1.71 bits per heavy atom. The first-order valence-electron chi connectivity index (χ1n) is 6.79. The zero-order valence-corrected chi connectivity index (χ0v) is 12.2. The number of carbonyl (C=O) groups is 1. The van der Waals surface area contributed by atoms with Crippen molar-refractivity contribution >= 4 is 17.7 Å². The van der Waals surface area contributed by atoms with Crippen LogP contribution >= 0.6 is 0 Å². The summed E-state index contributed by atoms with van der Waals surface area (Å²) in [7, 11) is 0. The minimum Gasteiger partial charge on any atom is -0.267 e. The molecule has 0 fully saturated rings. The maximum atomic E-state index is 11.8. The topological polar surface area (TPSA) is 41.5 Å². The lowest BCUT2D eigenvalue weighted by molar-refractivity contribution is 0.0955. The zero-order chi connectivity index (χ0) is 15.1. The van der Waals surface area contributed by atoms with Crippen molar-refractivity contribution < 1.29 is 4.79 Å². The molecule has 2 aromatic rings. The first-order chi connectivity index (χ1) is 10.1. The van der Waals surface area contributed by atoms with E-state index in [1.165, 1.54) is 5.56 Å². The Morgan fingerprint density at radius 3 is 2.38 bits per heavy atom. The Balaban J connectivity index is 1.95. The normalized spacial score (nSPS) is 11.6. The molecular formula is C18H18N2O. The fourth-order valence-corrected chi connectivity index (χ4v) is 1.72. The standard InChI is InChI=1S/C18H18N2O/c1-14-8-11-16(12-9-14)13-10-15(2)19-20-18(21)17-6-4-3-5-7-17/h3-13H,1-2H3,(H,20,21)/b13-10+,19-15+. The fourth-order valence-electron chi connectivity index (χ4n) is 1.72. The lowest BCUT2D eigenvalue weighted by Crippen LogP contribution is -2.18. The maximum absolute atomic E-state index is 11.8. The van der Waals surface area contributed by atoms with Crippen LogP contribution in [0.2, 0.25) is 0 Å². The Bertz CT molecular complexity index is 655. The van der Waals surface area contributed by atoms with Gasteiger partial charge in [0.05, 0.1) is 5.71 Å². The van der Waals surface area contributed by atoms with Crippen LogP contribution in [0.4, 0.5) is 0 Å². The van der Waals surface area contributed by atoms with Gasteiger partial charge in [-0.3, -0.25) is 4.79 Å². The van der Waals surface area contributed by atoms with Crippen molar-refractivity contribution in [2.75, 3.05) is 0 Å². The summed E-state index contributed by atoms with van der Waals surface area (Å²) < 4.78 is 0. The lowest BCUT2D eigenvalue weighted by atomic mass is 10.1. The third kappa shape index (κ3) is 4.73. The maximum Gasteiger partial charge on any atom is 0.271 e. The Kier molecular flexibility index (Phi) is 5.04. The van der Waals surface area contributed by atoms with Crippen LogP contribution in [0.25, 0.3) is 6.08 Å². The van der Waals surface area contributed by atoms with Crippen molar-refractivity contribution in [3.05, 3.63) is 77.4 Å². The smallest absolute Gasteiger partial charge is 0.267 e. The number of hydrogen-bond acceptors (Lipinski definition) is 2. The molecule has 0 atom stereocenters. The minimum absolute atomic E-state index is 0.210. The first kappa shape index (κ1) is 14.7. The van der Waals surface area contributed by atoms with Gasteiger partial charge in [0.15, 0.2) is 0 Å². The van der Waals surface area contributed by atoms with Gasteiger partial charge in [0.1, 0.15) is 0 Å². The predicted octanol–water partition coefficient (Wildman–Crippen LogP) is 3.81. The molecule has 0 bridgehead atoms. The summed E-state index contributed by atoms with van der Waals surface area (Å²) in [5.41, 5.74) is 6.20. The Hall–Kier alpha value is -2.68. The molecule has 3 heteroatoms. The molecule has 0 saturated carbocycles. The van der Waals surface area contributed by atoms with Crippen LogP contribution in [-0.4, -0.2) is 11.6 Å². The molecule has 0 aliphatic rings. The van der Waals surface area contributed by atoms with E-state index in [9.17, 15) is 4.79 Å². The number of allylic oxidation sites excluding steroid dienone is 1. The molecule has 0 saturated heterocycles.